The Morgan fingerprint density at radius 3 is 3.17 bits per heavy atom. The molecule has 24 heavy (non-hydrogen) atoms. The van der Waals surface area contributed by atoms with Gasteiger partial charge in [0.15, 0.2) is 0 Å². The van der Waals surface area contributed by atoms with Crippen LogP contribution in [0.1, 0.15) is 29.2 Å². The second-order valence-corrected chi connectivity index (χ2v) is 7.35. The molecule has 0 aromatic carbocycles. The van der Waals surface area contributed by atoms with Crippen molar-refractivity contribution in [2.45, 2.75) is 32.9 Å². The topological polar surface area (TPSA) is 70.4 Å². The summed E-state index contributed by atoms with van der Waals surface area (Å²) in [5.41, 5.74) is 0.738. The van der Waals surface area contributed by atoms with E-state index in [0.29, 0.717) is 19.0 Å². The first kappa shape index (κ1) is 17.0. The van der Waals surface area contributed by atoms with Gasteiger partial charge in [-0.25, -0.2) is 4.79 Å². The first-order valence-corrected chi connectivity index (χ1v) is 9.25. The Morgan fingerprint density at radius 2 is 2.42 bits per heavy atom. The average molecular weight is 348 g/mol. The van der Waals surface area contributed by atoms with Gasteiger partial charge in [0.05, 0.1) is 6.54 Å². The van der Waals surface area contributed by atoms with Gasteiger partial charge in [-0.1, -0.05) is 11.2 Å². The van der Waals surface area contributed by atoms with Crippen molar-refractivity contribution in [1.29, 1.82) is 0 Å². The molecular weight excluding hydrogens is 324 g/mol. The van der Waals surface area contributed by atoms with Crippen molar-refractivity contribution in [1.82, 2.24) is 20.7 Å². The number of thiophene rings is 1. The van der Waals surface area contributed by atoms with Gasteiger partial charge in [-0.05, 0) is 43.7 Å². The van der Waals surface area contributed by atoms with Crippen LogP contribution in [-0.2, 0) is 13.1 Å². The Hall–Kier alpha value is -1.86. The van der Waals surface area contributed by atoms with Gasteiger partial charge < -0.3 is 15.2 Å². The van der Waals surface area contributed by atoms with E-state index in [1.165, 1.54) is 17.7 Å². The van der Waals surface area contributed by atoms with Gasteiger partial charge in [0.25, 0.3) is 0 Å². The van der Waals surface area contributed by atoms with Crippen LogP contribution in [0.4, 0.5) is 4.79 Å². The van der Waals surface area contributed by atoms with Crippen molar-refractivity contribution in [2.75, 3.05) is 19.6 Å². The molecule has 2 aromatic heterocycles. The van der Waals surface area contributed by atoms with Gasteiger partial charge in [0.2, 0.25) is 0 Å². The molecule has 1 fully saturated rings. The molecule has 0 radical (unpaired) electrons. The quantitative estimate of drug-likeness (QED) is 0.842. The van der Waals surface area contributed by atoms with Crippen molar-refractivity contribution in [3.05, 3.63) is 39.9 Å². The van der Waals surface area contributed by atoms with Crippen LogP contribution >= 0.6 is 11.3 Å². The molecule has 1 aliphatic heterocycles. The van der Waals surface area contributed by atoms with Crippen LogP contribution in [0.3, 0.4) is 0 Å². The zero-order valence-corrected chi connectivity index (χ0v) is 14.8. The van der Waals surface area contributed by atoms with E-state index in [9.17, 15) is 4.79 Å². The van der Waals surface area contributed by atoms with Crippen LogP contribution < -0.4 is 10.6 Å². The number of piperidine rings is 1. The molecule has 3 heterocycles. The maximum absolute atomic E-state index is 11.9. The maximum atomic E-state index is 11.9. The number of urea groups is 1. The molecule has 0 aliphatic carbocycles. The SMILES string of the molecule is Cc1cc(CNC(=O)NC[C@H]2CCCN(Cc3cccs3)C2)no1. The van der Waals surface area contributed by atoms with Gasteiger partial charge in [-0.3, -0.25) is 4.90 Å². The molecule has 1 atom stereocenters. The first-order chi connectivity index (χ1) is 11.7. The average Bonchev–Trinajstić information content (AvgIpc) is 3.23. The highest BCUT2D eigenvalue weighted by Gasteiger charge is 2.20. The molecule has 2 amide bonds. The monoisotopic (exact) mass is 348 g/mol. The van der Waals surface area contributed by atoms with E-state index < -0.39 is 0 Å². The third-order valence-electron chi connectivity index (χ3n) is 4.22. The summed E-state index contributed by atoms with van der Waals surface area (Å²) in [6.45, 7) is 6.14. The number of rotatable bonds is 6. The lowest BCUT2D eigenvalue weighted by molar-refractivity contribution is 0.166. The van der Waals surface area contributed by atoms with E-state index in [0.717, 1.165) is 31.1 Å². The summed E-state index contributed by atoms with van der Waals surface area (Å²) >= 11 is 1.81. The van der Waals surface area contributed by atoms with Crippen molar-refractivity contribution in [3.63, 3.8) is 0 Å². The van der Waals surface area contributed by atoms with Gasteiger partial charge in [0.1, 0.15) is 11.5 Å². The molecule has 2 N–H and O–H groups in total. The number of carbonyl (C=O) groups is 1. The predicted molar refractivity (Wildman–Crippen MR) is 93.8 cm³/mol. The van der Waals surface area contributed by atoms with Crippen LogP contribution in [0, 0.1) is 12.8 Å². The fraction of sp³-hybridized carbons (Fsp3) is 0.529. The van der Waals surface area contributed by atoms with Crippen LogP contribution in [0.25, 0.3) is 0 Å². The Bertz CT molecular complexity index is 641. The Labute approximate surface area is 146 Å². The standard InChI is InChI=1S/C17H24N4O2S/c1-13-8-15(20-23-13)10-19-17(22)18-9-14-4-2-6-21(11-14)12-16-5-3-7-24-16/h3,5,7-8,14H,2,4,6,9-12H2,1H3,(H2,18,19,22)/t14-/m1/s1. The van der Waals surface area contributed by atoms with Crippen molar-refractivity contribution in [3.8, 4) is 0 Å². The molecule has 2 aromatic rings. The van der Waals surface area contributed by atoms with Crippen LogP contribution in [-0.4, -0.2) is 35.7 Å². The zero-order chi connectivity index (χ0) is 16.8. The van der Waals surface area contributed by atoms with E-state index in [2.05, 4.69) is 38.2 Å². The molecule has 0 bridgehead atoms. The third kappa shape index (κ3) is 5.07. The smallest absolute Gasteiger partial charge is 0.315 e. The highest BCUT2D eigenvalue weighted by Crippen LogP contribution is 2.19. The molecule has 0 saturated carbocycles. The summed E-state index contributed by atoms with van der Waals surface area (Å²) in [5.74, 6) is 1.26. The van der Waals surface area contributed by atoms with Gasteiger partial charge in [0, 0.05) is 30.6 Å². The summed E-state index contributed by atoms with van der Waals surface area (Å²) in [6.07, 6.45) is 2.36. The number of nitrogens with one attached hydrogen (secondary N) is 2. The summed E-state index contributed by atoms with van der Waals surface area (Å²) in [6, 6.07) is 5.96. The second kappa shape index (κ2) is 8.30. The van der Waals surface area contributed by atoms with Crippen LogP contribution in [0.2, 0.25) is 0 Å². The molecule has 130 valence electrons. The minimum Gasteiger partial charge on any atom is -0.361 e. The van der Waals surface area contributed by atoms with E-state index >= 15 is 0 Å². The zero-order valence-electron chi connectivity index (χ0n) is 14.0. The Morgan fingerprint density at radius 1 is 1.50 bits per heavy atom. The fourth-order valence-electron chi connectivity index (χ4n) is 3.06. The maximum Gasteiger partial charge on any atom is 0.315 e. The van der Waals surface area contributed by atoms with E-state index in [-0.39, 0.29) is 6.03 Å². The fourth-order valence-corrected chi connectivity index (χ4v) is 3.80. The van der Waals surface area contributed by atoms with Crippen molar-refractivity contribution < 1.29 is 9.32 Å². The predicted octanol–water partition coefficient (Wildman–Crippen LogP) is 2.76. The lowest BCUT2D eigenvalue weighted by Crippen LogP contribution is -2.43. The summed E-state index contributed by atoms with van der Waals surface area (Å²) in [7, 11) is 0. The third-order valence-corrected chi connectivity index (χ3v) is 5.08. The highest BCUT2D eigenvalue weighted by atomic mass is 32.1. The van der Waals surface area contributed by atoms with Crippen molar-refractivity contribution in [2.24, 2.45) is 5.92 Å². The summed E-state index contributed by atoms with van der Waals surface area (Å²) < 4.78 is 4.98. The molecule has 0 spiro atoms. The van der Waals surface area contributed by atoms with Gasteiger partial charge >= 0.3 is 6.03 Å². The molecule has 7 heteroatoms. The summed E-state index contributed by atoms with van der Waals surface area (Å²) in [4.78, 5) is 15.8. The number of carbonyl (C=O) groups excluding carboxylic acids is 1. The normalized spacial score (nSPS) is 18.5. The number of amides is 2. The molecular formula is C17H24N4O2S. The second-order valence-electron chi connectivity index (χ2n) is 6.32. The van der Waals surface area contributed by atoms with Gasteiger partial charge in [-0.15, -0.1) is 11.3 Å². The lowest BCUT2D eigenvalue weighted by Gasteiger charge is -2.32. The van der Waals surface area contributed by atoms with E-state index in [1.807, 2.05) is 24.3 Å². The number of nitrogens with zero attached hydrogens (tertiary/aromatic N) is 2. The first-order valence-electron chi connectivity index (χ1n) is 8.37. The number of hydrogen-bond acceptors (Lipinski definition) is 5. The van der Waals surface area contributed by atoms with E-state index in [4.69, 9.17) is 4.52 Å². The largest absolute Gasteiger partial charge is 0.361 e. The number of hydrogen-bond donors (Lipinski definition) is 2. The minimum atomic E-state index is -0.147. The number of aryl methyl sites for hydroxylation is 1. The lowest BCUT2D eigenvalue weighted by atomic mass is 9.98. The number of likely N-dealkylation sites (tertiary alicyclic amines) is 1. The Kier molecular flexibility index (Phi) is 5.87. The van der Waals surface area contributed by atoms with Gasteiger partial charge in [-0.2, -0.15) is 0 Å². The number of aromatic nitrogens is 1. The minimum absolute atomic E-state index is 0.147. The van der Waals surface area contributed by atoms with Crippen LogP contribution in [0.15, 0.2) is 28.1 Å². The Balaban J connectivity index is 1.36. The molecule has 6 nitrogen and oxygen atoms in total. The molecule has 0 unspecified atom stereocenters. The molecule has 1 aliphatic rings. The van der Waals surface area contributed by atoms with Crippen molar-refractivity contribution >= 4 is 17.4 Å². The molecule has 1 saturated heterocycles. The molecule has 3 rings (SSSR count). The summed E-state index contributed by atoms with van der Waals surface area (Å²) in [5, 5.41) is 11.8. The highest BCUT2D eigenvalue weighted by molar-refractivity contribution is 7.09. The van der Waals surface area contributed by atoms with E-state index in [1.54, 1.807) is 0 Å². The van der Waals surface area contributed by atoms with Crippen LogP contribution in [0.5, 0.6) is 0 Å².